The molecule has 0 heterocycles. The van der Waals surface area contributed by atoms with Crippen LogP contribution in [0.5, 0.6) is 11.5 Å². The van der Waals surface area contributed by atoms with Crippen LogP contribution in [0.15, 0.2) is 12.1 Å². The zero-order valence-corrected chi connectivity index (χ0v) is 23.9. The lowest BCUT2D eigenvalue weighted by Crippen LogP contribution is -2.19. The highest BCUT2D eigenvalue weighted by atomic mass is 16.3. The van der Waals surface area contributed by atoms with E-state index >= 15 is 0 Å². The van der Waals surface area contributed by atoms with Gasteiger partial charge in [0.1, 0.15) is 11.5 Å². The maximum Gasteiger partial charge on any atom is 0.122 e. The first-order chi connectivity index (χ1) is 15.8. The number of benzene rings is 2. The van der Waals surface area contributed by atoms with Crippen molar-refractivity contribution < 1.29 is 10.2 Å². The molecule has 2 aromatic carbocycles. The smallest absolute Gasteiger partial charge is 0.122 e. The van der Waals surface area contributed by atoms with Crippen LogP contribution >= 0.6 is 0 Å². The first kappa shape index (κ1) is 28.3. The Balaban J connectivity index is 3.05. The van der Waals surface area contributed by atoms with Crippen LogP contribution in [0.4, 0.5) is 0 Å². The van der Waals surface area contributed by atoms with E-state index in [2.05, 4.69) is 88.3 Å². The summed E-state index contributed by atoms with van der Waals surface area (Å²) in [6.07, 6.45) is 5.60. The van der Waals surface area contributed by atoms with Gasteiger partial charge in [0.05, 0.1) is 0 Å². The van der Waals surface area contributed by atoms with Gasteiger partial charge in [-0.25, -0.2) is 0 Å². The lowest BCUT2D eigenvalue weighted by Gasteiger charge is -2.32. The van der Waals surface area contributed by atoms with Crippen LogP contribution in [0.1, 0.15) is 139 Å². The van der Waals surface area contributed by atoms with E-state index in [1.807, 2.05) is 0 Å². The molecule has 0 aromatic heterocycles. The lowest BCUT2D eigenvalue weighted by atomic mass is 9.73. The van der Waals surface area contributed by atoms with Crippen molar-refractivity contribution in [3.63, 3.8) is 0 Å². The number of rotatable bonds is 8. The maximum atomic E-state index is 11.3. The predicted molar refractivity (Wildman–Crippen MR) is 148 cm³/mol. The van der Waals surface area contributed by atoms with Crippen molar-refractivity contribution >= 4 is 0 Å². The fourth-order valence-corrected chi connectivity index (χ4v) is 5.71. The molecule has 0 fully saturated rings. The molecule has 0 atom stereocenters. The van der Waals surface area contributed by atoms with Gasteiger partial charge in [0, 0.05) is 5.92 Å². The minimum absolute atomic E-state index is 0.139. The second-order valence-electron chi connectivity index (χ2n) is 11.9. The van der Waals surface area contributed by atoms with Crippen molar-refractivity contribution in [1.29, 1.82) is 0 Å². The molecule has 0 aliphatic heterocycles. The summed E-state index contributed by atoms with van der Waals surface area (Å²) in [7, 11) is 0. The molecule has 0 saturated carbocycles. The van der Waals surface area contributed by atoms with Crippen LogP contribution in [-0.4, -0.2) is 10.2 Å². The fourth-order valence-electron chi connectivity index (χ4n) is 5.71. The molecular formula is C32H50O2. The zero-order chi connectivity index (χ0) is 26.0. The summed E-state index contributed by atoms with van der Waals surface area (Å²) in [5.41, 5.74) is 9.36. The molecule has 0 spiro atoms. The zero-order valence-electron chi connectivity index (χ0n) is 23.9. The Morgan fingerprint density at radius 3 is 1.15 bits per heavy atom. The summed E-state index contributed by atoms with van der Waals surface area (Å²) < 4.78 is 0. The molecule has 0 amide bonds. The molecule has 190 valence electrons. The molecule has 2 aromatic rings. The average Bonchev–Trinajstić information content (AvgIpc) is 2.75. The molecule has 2 rings (SSSR count). The van der Waals surface area contributed by atoms with Crippen LogP contribution in [-0.2, 0) is 36.5 Å². The van der Waals surface area contributed by atoms with Gasteiger partial charge >= 0.3 is 0 Å². The minimum atomic E-state index is -0.139. The highest BCUT2D eigenvalue weighted by Gasteiger charge is 2.31. The molecule has 0 bridgehead atoms. The van der Waals surface area contributed by atoms with Crippen molar-refractivity contribution in [1.82, 2.24) is 0 Å². The first-order valence-corrected chi connectivity index (χ1v) is 13.5. The van der Waals surface area contributed by atoms with Crippen molar-refractivity contribution in [3.05, 3.63) is 56.6 Å². The van der Waals surface area contributed by atoms with E-state index in [4.69, 9.17) is 0 Å². The van der Waals surface area contributed by atoms with Gasteiger partial charge in [0.2, 0.25) is 0 Å². The van der Waals surface area contributed by atoms with Gasteiger partial charge in [0.15, 0.2) is 0 Å². The second kappa shape index (κ2) is 10.8. The first-order valence-electron chi connectivity index (χ1n) is 13.5. The minimum Gasteiger partial charge on any atom is -0.507 e. The quantitative estimate of drug-likeness (QED) is 0.408. The highest BCUT2D eigenvalue weighted by Crippen LogP contribution is 2.46. The van der Waals surface area contributed by atoms with Crippen LogP contribution < -0.4 is 0 Å². The third kappa shape index (κ3) is 5.31. The van der Waals surface area contributed by atoms with E-state index in [0.717, 1.165) is 60.8 Å². The monoisotopic (exact) mass is 466 g/mol. The van der Waals surface area contributed by atoms with Gasteiger partial charge in [-0.1, -0.05) is 94.7 Å². The van der Waals surface area contributed by atoms with E-state index < -0.39 is 0 Å². The SMILES string of the molecule is CCCC(c1cc(C(C)(C)C)c(O)c(CC)c1CC)c1cc(C(C)(C)C)c(O)c(CC)c1CC. The van der Waals surface area contributed by atoms with Gasteiger partial charge in [-0.05, 0) is 87.4 Å². The Bertz CT molecular complexity index is 920. The topological polar surface area (TPSA) is 40.5 Å². The molecule has 0 saturated heterocycles. The largest absolute Gasteiger partial charge is 0.507 e. The molecule has 0 unspecified atom stereocenters. The Morgan fingerprint density at radius 1 is 0.588 bits per heavy atom. The summed E-state index contributed by atoms with van der Waals surface area (Å²) in [6, 6.07) is 4.62. The maximum absolute atomic E-state index is 11.3. The summed E-state index contributed by atoms with van der Waals surface area (Å²) in [5.74, 6) is 1.21. The number of phenols is 2. The Morgan fingerprint density at radius 2 is 0.912 bits per heavy atom. The van der Waals surface area contributed by atoms with Crippen molar-refractivity contribution in [2.24, 2.45) is 0 Å². The van der Waals surface area contributed by atoms with E-state index in [9.17, 15) is 10.2 Å². The molecule has 2 nitrogen and oxygen atoms in total. The summed E-state index contributed by atoms with van der Waals surface area (Å²) in [6.45, 7) is 24.2. The molecule has 0 radical (unpaired) electrons. The van der Waals surface area contributed by atoms with Gasteiger partial charge in [-0.15, -0.1) is 0 Å². The van der Waals surface area contributed by atoms with Crippen LogP contribution in [0.25, 0.3) is 0 Å². The number of hydrogen-bond donors (Lipinski definition) is 2. The standard InChI is InChI=1S/C32H50O2/c1-12-17-24(25-18-27(31(6,7)8)29(33)22(15-4)20(25)13-2)26-19-28(32(9,10)11)30(34)23(16-5)21(26)14-3/h18-19,24,33-34H,12-17H2,1-11H3. The van der Waals surface area contributed by atoms with Crippen molar-refractivity contribution in [2.45, 2.75) is 131 Å². The van der Waals surface area contributed by atoms with Gasteiger partial charge in [-0.2, -0.15) is 0 Å². The molecule has 2 N–H and O–H groups in total. The van der Waals surface area contributed by atoms with Gasteiger partial charge in [-0.3, -0.25) is 0 Å². The molecule has 2 heteroatoms. The predicted octanol–water partition coefficient (Wildman–Crippen LogP) is 8.87. The van der Waals surface area contributed by atoms with Crippen molar-refractivity contribution in [2.75, 3.05) is 0 Å². The Kier molecular flexibility index (Phi) is 8.94. The second-order valence-corrected chi connectivity index (χ2v) is 11.9. The third-order valence-corrected chi connectivity index (χ3v) is 7.47. The van der Waals surface area contributed by atoms with E-state index in [0.29, 0.717) is 11.5 Å². The summed E-state index contributed by atoms with van der Waals surface area (Å²) in [4.78, 5) is 0. The number of hydrogen-bond acceptors (Lipinski definition) is 2. The van der Waals surface area contributed by atoms with E-state index in [1.54, 1.807) is 0 Å². The van der Waals surface area contributed by atoms with E-state index in [1.165, 1.54) is 22.3 Å². The van der Waals surface area contributed by atoms with Crippen LogP contribution in [0.3, 0.4) is 0 Å². The number of aromatic hydroxyl groups is 2. The fraction of sp³-hybridized carbons (Fsp3) is 0.625. The molecule has 0 aliphatic rings. The molecular weight excluding hydrogens is 416 g/mol. The van der Waals surface area contributed by atoms with Gasteiger partial charge in [0.25, 0.3) is 0 Å². The van der Waals surface area contributed by atoms with Crippen molar-refractivity contribution in [3.8, 4) is 11.5 Å². The van der Waals surface area contributed by atoms with Crippen LogP contribution in [0.2, 0.25) is 0 Å². The molecule has 0 aliphatic carbocycles. The molecule has 34 heavy (non-hydrogen) atoms. The Hall–Kier alpha value is -1.96. The number of phenolic OH excluding ortho intramolecular Hbond substituents is 2. The summed E-state index contributed by atoms with van der Waals surface area (Å²) in [5, 5.41) is 22.6. The highest BCUT2D eigenvalue weighted by molar-refractivity contribution is 5.59. The van der Waals surface area contributed by atoms with Crippen LogP contribution in [0, 0.1) is 0 Å². The Labute approximate surface area is 209 Å². The van der Waals surface area contributed by atoms with Gasteiger partial charge < -0.3 is 10.2 Å². The lowest BCUT2D eigenvalue weighted by molar-refractivity contribution is 0.438. The normalized spacial score (nSPS) is 12.6. The average molecular weight is 467 g/mol. The summed E-state index contributed by atoms with van der Waals surface area (Å²) >= 11 is 0. The van der Waals surface area contributed by atoms with E-state index in [-0.39, 0.29) is 16.7 Å². The third-order valence-electron chi connectivity index (χ3n) is 7.47.